The predicted molar refractivity (Wildman–Crippen MR) is 101 cm³/mol. The molecule has 5 nitrogen and oxygen atoms in total. The Bertz CT molecular complexity index is 717. The van der Waals surface area contributed by atoms with Gasteiger partial charge in [0.15, 0.2) is 0 Å². The van der Waals surface area contributed by atoms with E-state index in [0.29, 0.717) is 6.54 Å². The summed E-state index contributed by atoms with van der Waals surface area (Å²) in [7, 11) is 0. The number of hydrogen-bond acceptors (Lipinski definition) is 5. The van der Waals surface area contributed by atoms with Crippen LogP contribution in [0.1, 0.15) is 36.3 Å². The molecular weight excluding hydrogens is 326 g/mol. The topological polar surface area (TPSA) is 52.7 Å². The SMILES string of the molecule is Cc1cc(CN2CC[C@@]3(CCCN3CCc3ccccc3)[C@@H](O)C2)no1. The molecule has 2 aliphatic heterocycles. The highest BCUT2D eigenvalue weighted by Gasteiger charge is 2.48. The highest BCUT2D eigenvalue weighted by molar-refractivity contribution is 5.16. The zero-order chi connectivity index (χ0) is 18.0. The molecule has 0 aliphatic carbocycles. The lowest BCUT2D eigenvalue weighted by Gasteiger charge is -2.48. The lowest BCUT2D eigenvalue weighted by atomic mass is 9.82. The average Bonchev–Trinajstić information content (AvgIpc) is 3.24. The molecule has 0 unspecified atom stereocenters. The van der Waals surface area contributed by atoms with Crippen LogP contribution in [0.4, 0.5) is 0 Å². The summed E-state index contributed by atoms with van der Waals surface area (Å²) in [5.74, 6) is 0.844. The highest BCUT2D eigenvalue weighted by atomic mass is 16.5. The normalized spacial score (nSPS) is 27.4. The summed E-state index contributed by atoms with van der Waals surface area (Å²) in [5.41, 5.74) is 2.30. The van der Waals surface area contributed by atoms with Crippen LogP contribution in [-0.2, 0) is 13.0 Å². The van der Waals surface area contributed by atoms with Crippen LogP contribution in [0.2, 0.25) is 0 Å². The third kappa shape index (κ3) is 3.56. The summed E-state index contributed by atoms with van der Waals surface area (Å²) in [6.45, 7) is 6.53. The van der Waals surface area contributed by atoms with E-state index in [1.165, 1.54) is 12.0 Å². The van der Waals surface area contributed by atoms with Gasteiger partial charge in [0.25, 0.3) is 0 Å². The first-order chi connectivity index (χ1) is 12.7. The molecule has 26 heavy (non-hydrogen) atoms. The van der Waals surface area contributed by atoms with Gasteiger partial charge in [0.2, 0.25) is 0 Å². The Morgan fingerprint density at radius 3 is 2.81 bits per heavy atom. The van der Waals surface area contributed by atoms with Crippen molar-refractivity contribution in [3.63, 3.8) is 0 Å². The lowest BCUT2D eigenvalue weighted by molar-refractivity contribution is -0.0652. The fraction of sp³-hybridized carbons (Fsp3) is 0.571. The number of piperidine rings is 1. The Kier molecular flexibility index (Phi) is 5.11. The van der Waals surface area contributed by atoms with Gasteiger partial charge in [-0.15, -0.1) is 0 Å². The lowest BCUT2D eigenvalue weighted by Crippen LogP contribution is -2.61. The Morgan fingerprint density at radius 2 is 2.08 bits per heavy atom. The van der Waals surface area contributed by atoms with Gasteiger partial charge in [-0.1, -0.05) is 35.5 Å². The van der Waals surface area contributed by atoms with E-state index < -0.39 is 0 Å². The summed E-state index contributed by atoms with van der Waals surface area (Å²) >= 11 is 0. The van der Waals surface area contributed by atoms with Crippen LogP contribution >= 0.6 is 0 Å². The number of aromatic nitrogens is 1. The largest absolute Gasteiger partial charge is 0.390 e. The third-order valence-corrected chi connectivity index (χ3v) is 6.16. The second-order valence-corrected chi connectivity index (χ2v) is 7.86. The zero-order valence-electron chi connectivity index (χ0n) is 15.6. The Hall–Kier alpha value is -1.69. The molecule has 1 aromatic heterocycles. The maximum atomic E-state index is 11.1. The van der Waals surface area contributed by atoms with E-state index in [4.69, 9.17) is 4.52 Å². The average molecular weight is 355 g/mol. The molecule has 2 saturated heterocycles. The van der Waals surface area contributed by atoms with Gasteiger partial charge in [-0.2, -0.15) is 0 Å². The van der Waals surface area contributed by atoms with Crippen LogP contribution in [0.5, 0.6) is 0 Å². The Labute approximate surface area is 155 Å². The van der Waals surface area contributed by atoms with Crippen molar-refractivity contribution in [3.05, 3.63) is 53.4 Å². The second kappa shape index (κ2) is 7.51. The van der Waals surface area contributed by atoms with Crippen LogP contribution in [-0.4, -0.2) is 57.9 Å². The summed E-state index contributed by atoms with van der Waals surface area (Å²) < 4.78 is 5.17. The maximum Gasteiger partial charge on any atom is 0.133 e. The molecule has 2 aliphatic rings. The van der Waals surface area contributed by atoms with Crippen LogP contribution in [0.3, 0.4) is 0 Å². The van der Waals surface area contributed by atoms with E-state index >= 15 is 0 Å². The number of hydrogen-bond donors (Lipinski definition) is 1. The zero-order valence-corrected chi connectivity index (χ0v) is 15.6. The second-order valence-electron chi connectivity index (χ2n) is 7.86. The van der Waals surface area contributed by atoms with Crippen molar-refractivity contribution < 1.29 is 9.63 Å². The summed E-state index contributed by atoms with van der Waals surface area (Å²) in [6.07, 6.45) is 4.08. The minimum absolute atomic E-state index is 0.0367. The maximum absolute atomic E-state index is 11.1. The fourth-order valence-corrected chi connectivity index (χ4v) is 4.75. The molecule has 1 spiro atoms. The van der Waals surface area contributed by atoms with Gasteiger partial charge >= 0.3 is 0 Å². The van der Waals surface area contributed by atoms with Gasteiger partial charge in [0.05, 0.1) is 11.8 Å². The van der Waals surface area contributed by atoms with Crippen LogP contribution in [0.25, 0.3) is 0 Å². The van der Waals surface area contributed by atoms with Gasteiger partial charge in [0.1, 0.15) is 5.76 Å². The molecule has 0 amide bonds. The fourth-order valence-electron chi connectivity index (χ4n) is 4.75. The monoisotopic (exact) mass is 355 g/mol. The van der Waals surface area contributed by atoms with E-state index in [-0.39, 0.29) is 11.6 Å². The van der Waals surface area contributed by atoms with Crippen molar-refractivity contribution in [1.29, 1.82) is 0 Å². The summed E-state index contributed by atoms with van der Waals surface area (Å²) in [5, 5.41) is 15.1. The molecule has 1 aromatic carbocycles. The minimum atomic E-state index is -0.303. The van der Waals surface area contributed by atoms with E-state index in [9.17, 15) is 5.11 Å². The molecule has 0 saturated carbocycles. The van der Waals surface area contributed by atoms with E-state index in [1.54, 1.807) is 0 Å². The molecule has 4 rings (SSSR count). The quantitative estimate of drug-likeness (QED) is 0.894. The number of rotatable bonds is 5. The standard InChI is InChI=1S/C21H29N3O2/c1-17-14-19(22-26-17)15-23-13-10-21(20(25)16-23)9-5-11-24(21)12-8-18-6-3-2-4-7-18/h2-4,6-7,14,20,25H,5,8-13,15-16H2,1H3/t20-,21-/m0/s1. The summed E-state index contributed by atoms with van der Waals surface area (Å²) in [4.78, 5) is 4.86. The number of likely N-dealkylation sites (tertiary alicyclic amines) is 2. The first kappa shape index (κ1) is 17.7. The van der Waals surface area contributed by atoms with Crippen molar-refractivity contribution in [2.75, 3.05) is 26.2 Å². The Balaban J connectivity index is 1.38. The van der Waals surface area contributed by atoms with Crippen molar-refractivity contribution >= 4 is 0 Å². The van der Waals surface area contributed by atoms with Crippen LogP contribution in [0.15, 0.2) is 40.9 Å². The van der Waals surface area contributed by atoms with E-state index in [1.807, 2.05) is 13.0 Å². The summed E-state index contributed by atoms with van der Waals surface area (Å²) in [6, 6.07) is 12.7. The molecule has 2 fully saturated rings. The molecule has 2 aromatic rings. The number of aryl methyl sites for hydroxylation is 1. The molecule has 1 N–H and O–H groups in total. The van der Waals surface area contributed by atoms with Crippen molar-refractivity contribution in [1.82, 2.24) is 15.0 Å². The van der Waals surface area contributed by atoms with Gasteiger partial charge in [-0.25, -0.2) is 0 Å². The van der Waals surface area contributed by atoms with Crippen LogP contribution < -0.4 is 0 Å². The van der Waals surface area contributed by atoms with Gasteiger partial charge in [-0.05, 0) is 44.7 Å². The first-order valence-corrected chi connectivity index (χ1v) is 9.77. The van der Waals surface area contributed by atoms with E-state index in [0.717, 1.165) is 56.9 Å². The van der Waals surface area contributed by atoms with Gasteiger partial charge < -0.3 is 9.63 Å². The Morgan fingerprint density at radius 1 is 1.23 bits per heavy atom. The first-order valence-electron chi connectivity index (χ1n) is 9.77. The minimum Gasteiger partial charge on any atom is -0.390 e. The molecule has 5 heteroatoms. The van der Waals surface area contributed by atoms with Crippen molar-refractivity contribution in [2.24, 2.45) is 0 Å². The molecule has 2 atom stereocenters. The number of β-amino-alcohol motifs (C(OH)–C–C–N with tert-alkyl or cyclic N) is 1. The van der Waals surface area contributed by atoms with Crippen LogP contribution in [0, 0.1) is 6.92 Å². The van der Waals surface area contributed by atoms with Gasteiger partial charge in [-0.3, -0.25) is 9.80 Å². The molecule has 0 radical (unpaired) electrons. The smallest absolute Gasteiger partial charge is 0.133 e. The number of aliphatic hydroxyl groups is 1. The van der Waals surface area contributed by atoms with E-state index in [2.05, 4.69) is 45.3 Å². The highest BCUT2D eigenvalue weighted by Crippen LogP contribution is 2.39. The third-order valence-electron chi connectivity index (χ3n) is 6.16. The predicted octanol–water partition coefficient (Wildman–Crippen LogP) is 2.63. The van der Waals surface area contributed by atoms with Crippen molar-refractivity contribution in [3.8, 4) is 0 Å². The molecule has 3 heterocycles. The molecule has 140 valence electrons. The van der Waals surface area contributed by atoms with Gasteiger partial charge in [0, 0.05) is 37.8 Å². The number of nitrogens with zero attached hydrogens (tertiary/aromatic N) is 3. The number of aliphatic hydroxyl groups excluding tert-OH is 1. The van der Waals surface area contributed by atoms with Crippen molar-refractivity contribution in [2.45, 2.75) is 50.8 Å². The molecular formula is C21H29N3O2. The number of benzene rings is 1. The molecule has 0 bridgehead atoms.